The quantitative estimate of drug-likeness (QED) is 0.508. The van der Waals surface area contributed by atoms with E-state index in [9.17, 15) is 10.1 Å². The van der Waals surface area contributed by atoms with Gasteiger partial charge >= 0.3 is 0 Å². The number of nitrogens with zero attached hydrogens (tertiary/aromatic N) is 2. The highest BCUT2D eigenvalue weighted by Gasteiger charge is 2.23. The number of nitrogens with one attached hydrogen (secondary N) is 1. The lowest BCUT2D eigenvalue weighted by Crippen LogP contribution is -3.15. The maximum Gasteiger partial charge on any atom is 0.269 e. The minimum Gasteiger partial charge on any atom is -0.360 e. The normalized spacial score (nSPS) is 21.7. The summed E-state index contributed by atoms with van der Waals surface area (Å²) in [5.41, 5.74) is 4.17. The summed E-state index contributed by atoms with van der Waals surface area (Å²) in [5.74, 6) is 0.678. The second-order valence-electron chi connectivity index (χ2n) is 7.37. The lowest BCUT2D eigenvalue weighted by atomic mass is 9.85. The van der Waals surface area contributed by atoms with Crippen molar-refractivity contribution in [1.82, 2.24) is 0 Å². The van der Waals surface area contributed by atoms with Crippen molar-refractivity contribution in [3.05, 3.63) is 58.2 Å². The molecule has 0 spiro atoms. The molecule has 3 rings (SSSR count). The molecule has 2 aliphatic rings. The molecular weight excluding hydrogens is 314 g/mol. The lowest BCUT2D eigenvalue weighted by molar-refractivity contribution is -0.895. The maximum absolute atomic E-state index is 10.8. The van der Waals surface area contributed by atoms with Crippen molar-refractivity contribution in [3.63, 3.8) is 0 Å². The summed E-state index contributed by atoms with van der Waals surface area (Å²) in [6.07, 6.45) is 6.07. The Labute approximate surface area is 149 Å². The van der Waals surface area contributed by atoms with Crippen LogP contribution in [-0.4, -0.2) is 37.6 Å². The lowest BCUT2D eigenvalue weighted by Gasteiger charge is -2.34. The summed E-state index contributed by atoms with van der Waals surface area (Å²) in [7, 11) is 0. The molecule has 1 heterocycles. The van der Waals surface area contributed by atoms with Gasteiger partial charge in [-0.3, -0.25) is 10.1 Å². The van der Waals surface area contributed by atoms with Gasteiger partial charge in [-0.15, -0.1) is 0 Å². The Morgan fingerprint density at radius 2 is 2.00 bits per heavy atom. The van der Waals surface area contributed by atoms with Gasteiger partial charge in [0.2, 0.25) is 0 Å². The summed E-state index contributed by atoms with van der Waals surface area (Å²) in [5, 5.41) is 10.8. The first kappa shape index (κ1) is 17.7. The first-order valence-corrected chi connectivity index (χ1v) is 9.19. The molecular formula is C20H28N3O2+. The summed E-state index contributed by atoms with van der Waals surface area (Å²) in [6, 6.07) is 6.92. The number of anilines is 1. The highest BCUT2D eigenvalue weighted by Crippen LogP contribution is 2.27. The fraction of sp³-hybridized carbons (Fsp3) is 0.500. The van der Waals surface area contributed by atoms with Crippen molar-refractivity contribution >= 4 is 11.4 Å². The number of nitro groups is 1. The van der Waals surface area contributed by atoms with E-state index < -0.39 is 0 Å². The zero-order valence-corrected chi connectivity index (χ0v) is 15.0. The van der Waals surface area contributed by atoms with Crippen LogP contribution in [0.3, 0.4) is 0 Å². The predicted molar refractivity (Wildman–Crippen MR) is 101 cm³/mol. The number of non-ortho nitro benzene ring substituents is 1. The molecule has 1 aromatic rings. The number of nitro benzene ring substituents is 1. The number of piperazine rings is 1. The number of quaternary nitrogens is 1. The summed E-state index contributed by atoms with van der Waals surface area (Å²) in [4.78, 5) is 14.4. The molecule has 0 bridgehead atoms. The van der Waals surface area contributed by atoms with Gasteiger partial charge in [0.25, 0.3) is 5.69 Å². The van der Waals surface area contributed by atoms with Crippen molar-refractivity contribution in [3.8, 4) is 0 Å². The van der Waals surface area contributed by atoms with Crippen LogP contribution in [0.15, 0.2) is 48.1 Å². The van der Waals surface area contributed by atoms with Crippen LogP contribution in [0.4, 0.5) is 11.4 Å². The van der Waals surface area contributed by atoms with Gasteiger partial charge < -0.3 is 9.80 Å². The third kappa shape index (κ3) is 4.48. The molecule has 5 nitrogen and oxygen atoms in total. The minimum atomic E-state index is -0.345. The van der Waals surface area contributed by atoms with E-state index in [1.165, 1.54) is 18.4 Å². The Morgan fingerprint density at radius 1 is 1.32 bits per heavy atom. The molecule has 0 aromatic heterocycles. The van der Waals surface area contributed by atoms with E-state index in [0.717, 1.165) is 44.8 Å². The molecule has 0 radical (unpaired) electrons. The number of allylic oxidation sites excluding steroid dienone is 2. The van der Waals surface area contributed by atoms with Crippen molar-refractivity contribution < 1.29 is 9.82 Å². The molecule has 1 aromatic carbocycles. The number of hydrogen-bond acceptors (Lipinski definition) is 3. The molecule has 1 saturated heterocycles. The third-order valence-electron chi connectivity index (χ3n) is 5.58. The second-order valence-corrected chi connectivity index (χ2v) is 7.37. The van der Waals surface area contributed by atoms with Crippen LogP contribution in [0.25, 0.3) is 0 Å². The number of rotatable bonds is 5. The van der Waals surface area contributed by atoms with E-state index in [4.69, 9.17) is 0 Å². The molecule has 0 saturated carbocycles. The van der Waals surface area contributed by atoms with Gasteiger partial charge in [0.1, 0.15) is 0 Å². The van der Waals surface area contributed by atoms with Gasteiger partial charge in [0.15, 0.2) is 0 Å². The maximum atomic E-state index is 10.8. The average molecular weight is 342 g/mol. The Hall–Kier alpha value is -2.14. The fourth-order valence-electron chi connectivity index (χ4n) is 3.86. The molecule has 1 atom stereocenters. The van der Waals surface area contributed by atoms with E-state index in [1.807, 2.05) is 12.1 Å². The van der Waals surface area contributed by atoms with E-state index in [0.29, 0.717) is 5.92 Å². The first-order valence-electron chi connectivity index (χ1n) is 9.19. The van der Waals surface area contributed by atoms with E-state index in [2.05, 4.69) is 24.5 Å². The van der Waals surface area contributed by atoms with Gasteiger partial charge in [-0.1, -0.05) is 18.2 Å². The fourth-order valence-corrected chi connectivity index (χ4v) is 3.86. The monoisotopic (exact) mass is 342 g/mol. The highest BCUT2D eigenvalue weighted by molar-refractivity contribution is 5.51. The zero-order chi connectivity index (χ0) is 17.8. The molecule has 5 heteroatoms. The van der Waals surface area contributed by atoms with Crippen molar-refractivity contribution in [1.29, 1.82) is 0 Å². The smallest absolute Gasteiger partial charge is 0.269 e. The van der Waals surface area contributed by atoms with Crippen molar-refractivity contribution in [2.45, 2.75) is 26.2 Å². The van der Waals surface area contributed by atoms with Crippen LogP contribution < -0.4 is 9.80 Å². The van der Waals surface area contributed by atoms with Crippen LogP contribution in [-0.2, 0) is 0 Å². The standard InChI is InChI=1S/C20H27N3O2/c1-16(2)18-5-3-17(4-6-18)15-21-11-13-22(14-12-21)19-7-9-20(10-8-19)23(24)25/h3,7-10,18H,1,4-6,11-15H2,2H3/p+1/t18-/m0/s1. The van der Waals surface area contributed by atoms with Gasteiger partial charge in [0, 0.05) is 17.8 Å². The van der Waals surface area contributed by atoms with Gasteiger partial charge in [0.05, 0.1) is 37.6 Å². The van der Waals surface area contributed by atoms with Crippen LogP contribution in [0.2, 0.25) is 0 Å². The Balaban J connectivity index is 1.49. The van der Waals surface area contributed by atoms with Gasteiger partial charge in [-0.2, -0.15) is 0 Å². The van der Waals surface area contributed by atoms with E-state index in [1.54, 1.807) is 22.6 Å². The van der Waals surface area contributed by atoms with E-state index in [-0.39, 0.29) is 10.6 Å². The van der Waals surface area contributed by atoms with Crippen LogP contribution >= 0.6 is 0 Å². The Morgan fingerprint density at radius 3 is 2.52 bits per heavy atom. The zero-order valence-electron chi connectivity index (χ0n) is 15.0. The number of benzene rings is 1. The minimum absolute atomic E-state index is 0.158. The molecule has 0 amide bonds. The van der Waals surface area contributed by atoms with Crippen LogP contribution in [0.1, 0.15) is 26.2 Å². The number of hydrogen-bond donors (Lipinski definition) is 1. The Kier molecular flexibility index (Phi) is 5.53. The predicted octanol–water partition coefficient (Wildman–Crippen LogP) is 2.60. The molecule has 1 aliphatic carbocycles. The van der Waals surface area contributed by atoms with Gasteiger partial charge in [-0.05, 0) is 49.8 Å². The SMILES string of the molecule is C=C(C)[C@H]1CC=C(C[NH+]2CCN(c3ccc([N+](=O)[O-])cc3)CC2)CC1. The topological polar surface area (TPSA) is 50.8 Å². The molecule has 1 fully saturated rings. The van der Waals surface area contributed by atoms with Crippen LogP contribution in [0, 0.1) is 16.0 Å². The van der Waals surface area contributed by atoms with Crippen LogP contribution in [0.5, 0.6) is 0 Å². The summed E-state index contributed by atoms with van der Waals surface area (Å²) in [6.45, 7) is 11.7. The van der Waals surface area contributed by atoms with Crippen molar-refractivity contribution in [2.75, 3.05) is 37.6 Å². The summed E-state index contributed by atoms with van der Waals surface area (Å²) >= 11 is 0. The first-order chi connectivity index (χ1) is 12.0. The molecule has 25 heavy (non-hydrogen) atoms. The molecule has 0 unspecified atom stereocenters. The summed E-state index contributed by atoms with van der Waals surface area (Å²) < 4.78 is 0. The second kappa shape index (κ2) is 7.83. The molecule has 1 N–H and O–H groups in total. The molecule has 134 valence electrons. The highest BCUT2D eigenvalue weighted by atomic mass is 16.6. The Bertz CT molecular complexity index is 658. The van der Waals surface area contributed by atoms with Crippen molar-refractivity contribution in [2.24, 2.45) is 5.92 Å². The van der Waals surface area contributed by atoms with Gasteiger partial charge in [-0.25, -0.2) is 0 Å². The average Bonchev–Trinajstić information content (AvgIpc) is 2.63. The largest absolute Gasteiger partial charge is 0.360 e. The third-order valence-corrected chi connectivity index (χ3v) is 5.58. The van der Waals surface area contributed by atoms with E-state index >= 15 is 0 Å². The molecule has 1 aliphatic heterocycles.